The SMILES string of the molecule is O=Cc1ccc(N2N=CC=CN2)cc1. The Balaban J connectivity index is 2.20. The van der Waals surface area contributed by atoms with Gasteiger partial charge in [-0.1, -0.05) is 0 Å². The molecule has 0 unspecified atom stereocenters. The van der Waals surface area contributed by atoms with Crippen molar-refractivity contribution in [2.75, 3.05) is 5.12 Å². The van der Waals surface area contributed by atoms with Crippen molar-refractivity contribution in [3.63, 3.8) is 0 Å². The molecule has 0 atom stereocenters. The fourth-order valence-electron chi connectivity index (χ4n) is 1.13. The second kappa shape index (κ2) is 3.74. The zero-order valence-electron chi connectivity index (χ0n) is 7.42. The van der Waals surface area contributed by atoms with E-state index in [2.05, 4.69) is 10.5 Å². The highest BCUT2D eigenvalue weighted by Crippen LogP contribution is 2.13. The van der Waals surface area contributed by atoms with Crippen LogP contribution in [0.15, 0.2) is 41.6 Å². The van der Waals surface area contributed by atoms with Crippen LogP contribution in [0, 0.1) is 0 Å². The molecule has 0 fully saturated rings. The van der Waals surface area contributed by atoms with E-state index in [1.807, 2.05) is 12.1 Å². The molecule has 1 heterocycles. The minimum absolute atomic E-state index is 0.658. The summed E-state index contributed by atoms with van der Waals surface area (Å²) >= 11 is 0. The van der Waals surface area contributed by atoms with E-state index in [1.165, 1.54) is 0 Å². The van der Waals surface area contributed by atoms with Gasteiger partial charge in [-0.3, -0.25) is 10.2 Å². The van der Waals surface area contributed by atoms with Crippen LogP contribution < -0.4 is 10.5 Å². The number of hydrazine groups is 1. The van der Waals surface area contributed by atoms with E-state index in [-0.39, 0.29) is 0 Å². The van der Waals surface area contributed by atoms with Crippen LogP contribution in [0.4, 0.5) is 5.69 Å². The summed E-state index contributed by atoms with van der Waals surface area (Å²) in [5.74, 6) is 0. The number of benzene rings is 1. The molecular weight excluding hydrogens is 178 g/mol. The normalized spacial score (nSPS) is 13.9. The van der Waals surface area contributed by atoms with Crippen LogP contribution >= 0.6 is 0 Å². The number of hydrazone groups is 1. The van der Waals surface area contributed by atoms with Gasteiger partial charge in [-0.25, -0.2) is 0 Å². The third-order valence-corrected chi connectivity index (χ3v) is 1.83. The van der Waals surface area contributed by atoms with Crippen LogP contribution in [-0.4, -0.2) is 12.5 Å². The van der Waals surface area contributed by atoms with Gasteiger partial charge in [0.1, 0.15) is 6.29 Å². The molecule has 4 nitrogen and oxygen atoms in total. The van der Waals surface area contributed by atoms with Crippen molar-refractivity contribution in [2.45, 2.75) is 0 Å². The lowest BCUT2D eigenvalue weighted by molar-refractivity contribution is 0.112. The predicted octanol–water partition coefficient (Wildman–Crippen LogP) is 1.32. The molecule has 0 aliphatic carbocycles. The third-order valence-electron chi connectivity index (χ3n) is 1.83. The Labute approximate surface area is 81.5 Å². The Bertz CT molecular complexity index is 381. The van der Waals surface area contributed by atoms with Gasteiger partial charge in [0.2, 0.25) is 0 Å². The molecule has 1 aromatic rings. The van der Waals surface area contributed by atoms with E-state index in [0.717, 1.165) is 12.0 Å². The van der Waals surface area contributed by atoms with Crippen molar-refractivity contribution in [1.29, 1.82) is 0 Å². The smallest absolute Gasteiger partial charge is 0.150 e. The summed E-state index contributed by atoms with van der Waals surface area (Å²) in [4.78, 5) is 10.4. The zero-order valence-corrected chi connectivity index (χ0v) is 7.42. The molecule has 14 heavy (non-hydrogen) atoms. The number of carbonyl (C=O) groups is 1. The van der Waals surface area contributed by atoms with E-state index < -0.39 is 0 Å². The lowest BCUT2D eigenvalue weighted by Gasteiger charge is -2.20. The largest absolute Gasteiger partial charge is 0.298 e. The standard InChI is InChI=1S/C10H9N3O/c14-8-9-2-4-10(5-3-9)13-11-6-1-7-12-13/h1-8,11H. The first kappa shape index (κ1) is 8.50. The maximum Gasteiger partial charge on any atom is 0.150 e. The quantitative estimate of drug-likeness (QED) is 0.710. The molecular formula is C10H9N3O. The summed E-state index contributed by atoms with van der Waals surface area (Å²) in [6.45, 7) is 0. The van der Waals surface area contributed by atoms with Crippen LogP contribution in [0.3, 0.4) is 0 Å². The summed E-state index contributed by atoms with van der Waals surface area (Å²) in [5, 5.41) is 5.70. The van der Waals surface area contributed by atoms with Crippen molar-refractivity contribution in [3.8, 4) is 0 Å². The van der Waals surface area contributed by atoms with E-state index in [0.29, 0.717) is 5.56 Å². The molecule has 1 N–H and O–H groups in total. The third kappa shape index (κ3) is 1.64. The Kier molecular flexibility index (Phi) is 2.27. The number of aldehydes is 1. The van der Waals surface area contributed by atoms with Gasteiger partial charge in [0.15, 0.2) is 0 Å². The van der Waals surface area contributed by atoms with E-state index in [4.69, 9.17) is 0 Å². The average Bonchev–Trinajstić information content (AvgIpc) is 2.30. The number of nitrogens with zero attached hydrogens (tertiary/aromatic N) is 2. The number of nitrogens with one attached hydrogen (secondary N) is 1. The van der Waals surface area contributed by atoms with E-state index >= 15 is 0 Å². The van der Waals surface area contributed by atoms with Crippen molar-refractivity contribution in [1.82, 2.24) is 5.43 Å². The topological polar surface area (TPSA) is 44.7 Å². The van der Waals surface area contributed by atoms with Gasteiger partial charge in [-0.15, -0.1) is 0 Å². The highest BCUT2D eigenvalue weighted by Gasteiger charge is 2.02. The first-order chi connectivity index (χ1) is 6.90. The highest BCUT2D eigenvalue weighted by atomic mass is 16.1. The molecule has 0 bridgehead atoms. The Morgan fingerprint density at radius 3 is 2.64 bits per heavy atom. The fourth-order valence-corrected chi connectivity index (χ4v) is 1.13. The molecule has 70 valence electrons. The van der Waals surface area contributed by atoms with E-state index in [1.54, 1.807) is 35.7 Å². The van der Waals surface area contributed by atoms with Gasteiger partial charge in [-0.05, 0) is 30.3 Å². The Hall–Kier alpha value is -2.10. The minimum atomic E-state index is 0.658. The second-order valence-electron chi connectivity index (χ2n) is 2.77. The molecule has 0 aromatic heterocycles. The molecule has 0 saturated heterocycles. The minimum Gasteiger partial charge on any atom is -0.298 e. The first-order valence-electron chi connectivity index (χ1n) is 4.21. The second-order valence-corrected chi connectivity index (χ2v) is 2.77. The molecule has 0 radical (unpaired) electrons. The molecule has 1 aliphatic heterocycles. The van der Waals surface area contributed by atoms with Crippen molar-refractivity contribution >= 4 is 18.2 Å². The molecule has 0 amide bonds. The van der Waals surface area contributed by atoms with Crippen LogP contribution in [0.25, 0.3) is 0 Å². The van der Waals surface area contributed by atoms with Crippen molar-refractivity contribution in [2.24, 2.45) is 5.10 Å². The molecule has 0 spiro atoms. The highest BCUT2D eigenvalue weighted by molar-refractivity contribution is 5.76. The number of anilines is 1. The van der Waals surface area contributed by atoms with E-state index in [9.17, 15) is 4.79 Å². The number of carbonyl (C=O) groups excluding carboxylic acids is 1. The van der Waals surface area contributed by atoms with Crippen LogP contribution in [-0.2, 0) is 0 Å². The zero-order chi connectivity index (χ0) is 9.80. The van der Waals surface area contributed by atoms with Crippen molar-refractivity contribution < 1.29 is 4.79 Å². The summed E-state index contributed by atoms with van der Waals surface area (Å²) in [6.07, 6.45) is 6.08. The number of rotatable bonds is 2. The van der Waals surface area contributed by atoms with Gasteiger partial charge in [0.05, 0.1) is 11.9 Å². The maximum absolute atomic E-state index is 10.4. The maximum atomic E-state index is 10.4. The summed E-state index contributed by atoms with van der Waals surface area (Å²) in [6, 6.07) is 7.15. The van der Waals surface area contributed by atoms with Crippen LogP contribution in [0.1, 0.15) is 10.4 Å². The average molecular weight is 187 g/mol. The predicted molar refractivity (Wildman–Crippen MR) is 55.1 cm³/mol. The van der Waals surface area contributed by atoms with Gasteiger partial charge in [0, 0.05) is 11.8 Å². The molecule has 0 saturated carbocycles. The van der Waals surface area contributed by atoms with Gasteiger partial charge >= 0.3 is 0 Å². The molecule has 1 aromatic carbocycles. The molecule has 1 aliphatic rings. The number of hydrogen-bond donors (Lipinski definition) is 1. The number of allylic oxidation sites excluding steroid dienone is 1. The lowest BCUT2D eigenvalue weighted by Crippen LogP contribution is -2.30. The molecule has 4 heteroatoms. The van der Waals surface area contributed by atoms with Gasteiger partial charge in [-0.2, -0.15) is 10.2 Å². The summed E-state index contributed by atoms with van der Waals surface area (Å²) in [5.41, 5.74) is 4.48. The van der Waals surface area contributed by atoms with Gasteiger partial charge in [0.25, 0.3) is 0 Å². The summed E-state index contributed by atoms with van der Waals surface area (Å²) < 4.78 is 0. The monoisotopic (exact) mass is 187 g/mol. The van der Waals surface area contributed by atoms with Crippen LogP contribution in [0.2, 0.25) is 0 Å². The Morgan fingerprint density at radius 2 is 2.07 bits per heavy atom. The van der Waals surface area contributed by atoms with Gasteiger partial charge < -0.3 is 0 Å². The van der Waals surface area contributed by atoms with Crippen LogP contribution in [0.5, 0.6) is 0 Å². The van der Waals surface area contributed by atoms with Crippen molar-refractivity contribution in [3.05, 3.63) is 42.1 Å². The lowest BCUT2D eigenvalue weighted by atomic mass is 10.2. The summed E-state index contributed by atoms with van der Waals surface area (Å²) in [7, 11) is 0. The Morgan fingerprint density at radius 1 is 1.29 bits per heavy atom. The first-order valence-corrected chi connectivity index (χ1v) is 4.21. The molecule has 2 rings (SSSR count). The fraction of sp³-hybridized carbons (Fsp3) is 0. The number of hydrogen-bond acceptors (Lipinski definition) is 4.